The van der Waals surface area contributed by atoms with Crippen LogP contribution in [-0.2, 0) is 13.1 Å². The van der Waals surface area contributed by atoms with Gasteiger partial charge in [-0.3, -0.25) is 19.4 Å². The number of hydrogen-bond acceptors (Lipinski definition) is 6. The number of hydrogen-bond donors (Lipinski definition) is 2. The van der Waals surface area contributed by atoms with Crippen LogP contribution in [0, 0.1) is 5.92 Å². The second-order valence-electron chi connectivity index (χ2n) is 10.5. The Balaban J connectivity index is 1.29. The molecule has 4 heterocycles. The average molecular weight is 550 g/mol. The fraction of sp³-hybridized carbons (Fsp3) is 0.250. The number of benzene rings is 2. The molecule has 2 N–H and O–H groups in total. The number of carbonyl (C=O) groups is 2. The molecule has 6 rings (SSSR count). The Hall–Kier alpha value is -4.92. The smallest absolute Gasteiger partial charge is 0.255 e. The van der Waals surface area contributed by atoms with Crippen molar-refractivity contribution in [3.63, 3.8) is 0 Å². The van der Waals surface area contributed by atoms with E-state index in [1.54, 1.807) is 49.8 Å². The molecule has 9 heteroatoms. The van der Waals surface area contributed by atoms with E-state index >= 15 is 0 Å². The van der Waals surface area contributed by atoms with Gasteiger partial charge in [0, 0.05) is 72.9 Å². The first-order valence-electron chi connectivity index (χ1n) is 13.7. The highest BCUT2D eigenvalue weighted by Crippen LogP contribution is 2.39. The van der Waals surface area contributed by atoms with E-state index < -0.39 is 0 Å². The summed E-state index contributed by atoms with van der Waals surface area (Å²) >= 11 is 0. The van der Waals surface area contributed by atoms with E-state index in [0.29, 0.717) is 48.1 Å². The van der Waals surface area contributed by atoms with Crippen molar-refractivity contribution in [2.45, 2.75) is 25.4 Å². The molecule has 9 nitrogen and oxygen atoms in total. The van der Waals surface area contributed by atoms with Crippen LogP contribution in [-0.4, -0.2) is 41.6 Å². The molecule has 1 fully saturated rings. The van der Waals surface area contributed by atoms with Crippen LogP contribution < -0.4 is 25.8 Å². The maximum atomic E-state index is 13.2. The molecule has 208 valence electrons. The molecule has 2 aromatic heterocycles. The minimum Gasteiger partial charge on any atom is -0.496 e. The van der Waals surface area contributed by atoms with E-state index in [1.807, 2.05) is 47.0 Å². The molecule has 2 aliphatic rings. The zero-order chi connectivity index (χ0) is 28.3. The standard InChI is InChI=1S/C32H31N5O4/c1-41-29-7-3-2-5-24(29)17-34-31(39)23-9-10-28(26(16-23)35-32(40)22-11-13-33-14-12-22)36-18-21-15-25(20-36)27-6-4-8-30(38)37(27)19-21/h2-14,16,21,25H,15,17-20H2,1H3,(H,34,39)(H,35,40). The predicted molar refractivity (Wildman–Crippen MR) is 157 cm³/mol. The van der Waals surface area contributed by atoms with Gasteiger partial charge in [-0.25, -0.2) is 0 Å². The fourth-order valence-corrected chi connectivity index (χ4v) is 5.97. The third kappa shape index (κ3) is 5.43. The first-order chi connectivity index (χ1) is 20.0. The van der Waals surface area contributed by atoms with Gasteiger partial charge in [-0.15, -0.1) is 0 Å². The molecular weight excluding hydrogens is 518 g/mol. The van der Waals surface area contributed by atoms with Gasteiger partial charge in [-0.05, 0) is 54.8 Å². The van der Waals surface area contributed by atoms with Crippen molar-refractivity contribution in [1.82, 2.24) is 14.9 Å². The van der Waals surface area contributed by atoms with Crippen molar-refractivity contribution < 1.29 is 14.3 Å². The van der Waals surface area contributed by atoms with Crippen LogP contribution in [0.15, 0.2) is 90.0 Å². The number of ether oxygens (including phenoxy) is 1. The topological polar surface area (TPSA) is 106 Å². The van der Waals surface area contributed by atoms with Crippen molar-refractivity contribution in [2.24, 2.45) is 5.92 Å². The zero-order valence-corrected chi connectivity index (χ0v) is 22.7. The quantitative estimate of drug-likeness (QED) is 0.360. The normalized spacial score (nSPS) is 17.3. The Morgan fingerprint density at radius 2 is 1.76 bits per heavy atom. The van der Waals surface area contributed by atoms with Crippen molar-refractivity contribution in [2.75, 3.05) is 30.4 Å². The van der Waals surface area contributed by atoms with E-state index in [1.165, 1.54) is 0 Å². The Bertz CT molecular complexity index is 1650. The number of rotatable bonds is 7. The lowest BCUT2D eigenvalue weighted by atomic mass is 9.83. The Morgan fingerprint density at radius 3 is 2.59 bits per heavy atom. The number of methoxy groups -OCH3 is 1. The number of para-hydroxylation sites is 1. The monoisotopic (exact) mass is 549 g/mol. The number of nitrogens with one attached hydrogen (secondary N) is 2. The molecule has 0 aliphatic carbocycles. The van der Waals surface area contributed by atoms with Crippen LogP contribution in [0.2, 0.25) is 0 Å². The van der Waals surface area contributed by atoms with E-state index in [4.69, 9.17) is 4.74 Å². The SMILES string of the molecule is COc1ccccc1CNC(=O)c1ccc(N2CC3CC(C2)c2cccc(=O)n2C3)c(NC(=O)c2ccncc2)c1. The molecular formula is C32H31N5O4. The number of nitrogens with zero attached hydrogens (tertiary/aromatic N) is 3. The van der Waals surface area contributed by atoms with Gasteiger partial charge in [0.2, 0.25) is 0 Å². The van der Waals surface area contributed by atoms with Crippen molar-refractivity contribution in [3.05, 3.63) is 118 Å². The van der Waals surface area contributed by atoms with Gasteiger partial charge in [0.05, 0.1) is 18.5 Å². The summed E-state index contributed by atoms with van der Waals surface area (Å²) in [5.74, 6) is 0.658. The van der Waals surface area contributed by atoms with Crippen LogP contribution in [0.4, 0.5) is 11.4 Å². The number of pyridine rings is 2. The van der Waals surface area contributed by atoms with Gasteiger partial charge in [0.15, 0.2) is 0 Å². The summed E-state index contributed by atoms with van der Waals surface area (Å²) in [5, 5.41) is 6.01. The van der Waals surface area contributed by atoms with Gasteiger partial charge in [-0.2, -0.15) is 0 Å². The highest BCUT2D eigenvalue weighted by atomic mass is 16.5. The fourth-order valence-electron chi connectivity index (χ4n) is 5.97. The van der Waals surface area contributed by atoms with Crippen LogP contribution in [0.1, 0.15) is 44.3 Å². The first-order valence-corrected chi connectivity index (χ1v) is 13.7. The second kappa shape index (κ2) is 11.3. The number of piperidine rings is 1. The minimum atomic E-state index is -0.283. The highest BCUT2D eigenvalue weighted by molar-refractivity contribution is 6.07. The molecule has 0 spiro atoms. The van der Waals surface area contributed by atoms with E-state index in [0.717, 1.165) is 29.9 Å². The summed E-state index contributed by atoms with van der Waals surface area (Å²) in [7, 11) is 1.60. The summed E-state index contributed by atoms with van der Waals surface area (Å²) in [6, 6.07) is 21.7. The molecule has 41 heavy (non-hydrogen) atoms. The van der Waals surface area contributed by atoms with E-state index in [-0.39, 0.29) is 23.3 Å². The zero-order valence-electron chi connectivity index (χ0n) is 22.7. The molecule has 2 unspecified atom stereocenters. The summed E-state index contributed by atoms with van der Waals surface area (Å²) in [6.45, 7) is 2.42. The molecule has 2 aromatic carbocycles. The van der Waals surface area contributed by atoms with Crippen LogP contribution >= 0.6 is 0 Å². The lowest BCUT2D eigenvalue weighted by Crippen LogP contribution is -2.47. The minimum absolute atomic E-state index is 0.0411. The molecule has 0 saturated carbocycles. The van der Waals surface area contributed by atoms with Gasteiger partial charge in [0.1, 0.15) is 5.75 Å². The van der Waals surface area contributed by atoms with Gasteiger partial charge < -0.3 is 24.8 Å². The molecule has 1 saturated heterocycles. The number of aromatic nitrogens is 2. The molecule has 4 aromatic rings. The highest BCUT2D eigenvalue weighted by Gasteiger charge is 2.35. The van der Waals surface area contributed by atoms with Crippen LogP contribution in [0.25, 0.3) is 0 Å². The number of fused-ring (bicyclic) bond motifs is 4. The van der Waals surface area contributed by atoms with Crippen molar-refractivity contribution in [1.29, 1.82) is 0 Å². The molecule has 2 bridgehead atoms. The number of amides is 2. The lowest BCUT2D eigenvalue weighted by molar-refractivity contribution is 0.0949. The Morgan fingerprint density at radius 1 is 0.927 bits per heavy atom. The van der Waals surface area contributed by atoms with Crippen molar-refractivity contribution >= 4 is 23.2 Å². The summed E-state index contributed by atoms with van der Waals surface area (Å²) in [4.78, 5) is 45.2. The lowest BCUT2D eigenvalue weighted by Gasteiger charge is -2.44. The third-order valence-corrected chi connectivity index (χ3v) is 7.90. The number of anilines is 2. The van der Waals surface area contributed by atoms with Crippen LogP contribution in [0.3, 0.4) is 0 Å². The maximum absolute atomic E-state index is 13.2. The summed E-state index contributed by atoms with van der Waals surface area (Å²) < 4.78 is 7.30. The number of carbonyl (C=O) groups excluding carboxylic acids is 2. The summed E-state index contributed by atoms with van der Waals surface area (Å²) in [6.07, 6.45) is 4.16. The van der Waals surface area contributed by atoms with Gasteiger partial charge >= 0.3 is 0 Å². The van der Waals surface area contributed by atoms with E-state index in [2.05, 4.69) is 20.5 Å². The van der Waals surface area contributed by atoms with E-state index in [9.17, 15) is 14.4 Å². The second-order valence-corrected chi connectivity index (χ2v) is 10.5. The van der Waals surface area contributed by atoms with Gasteiger partial charge in [-0.1, -0.05) is 24.3 Å². The molecule has 2 amide bonds. The molecule has 2 atom stereocenters. The molecule has 0 radical (unpaired) electrons. The van der Waals surface area contributed by atoms with Gasteiger partial charge in [0.25, 0.3) is 17.4 Å². The largest absolute Gasteiger partial charge is 0.496 e. The average Bonchev–Trinajstić information content (AvgIpc) is 3.01. The summed E-state index contributed by atoms with van der Waals surface area (Å²) in [5.41, 5.74) is 4.26. The van der Waals surface area contributed by atoms with Crippen molar-refractivity contribution in [3.8, 4) is 5.75 Å². The first kappa shape index (κ1) is 26.3. The Labute approximate surface area is 237 Å². The van der Waals surface area contributed by atoms with Crippen LogP contribution in [0.5, 0.6) is 5.75 Å². The third-order valence-electron chi connectivity index (χ3n) is 7.90. The molecule has 2 aliphatic heterocycles. The Kier molecular flexibility index (Phi) is 7.24. The maximum Gasteiger partial charge on any atom is 0.255 e. The predicted octanol–water partition coefficient (Wildman–Crippen LogP) is 4.06.